The zero-order valence-corrected chi connectivity index (χ0v) is 36.0. The Morgan fingerprint density at radius 1 is 0.473 bits per heavy atom. The summed E-state index contributed by atoms with van der Waals surface area (Å²) in [5, 5.41) is 11.5. The molecule has 0 aliphatic rings. The zero-order valence-electron chi connectivity index (χ0n) is 36.0. The Hall–Kier alpha value is -3.15. The van der Waals surface area contributed by atoms with E-state index < -0.39 is 0 Å². The van der Waals surface area contributed by atoms with Gasteiger partial charge in [0, 0.05) is 17.2 Å². The topological polar surface area (TPSA) is 74.2 Å². The fourth-order valence-electron chi connectivity index (χ4n) is 6.77. The fraction of sp³-hybridized carbons (Fsp3) is 0.694. The maximum absolute atomic E-state index is 13.6. The van der Waals surface area contributed by atoms with E-state index >= 15 is 0 Å². The smallest absolute Gasteiger partial charge is 0.203 e. The van der Waals surface area contributed by atoms with Crippen LogP contribution < -0.4 is 18.9 Å². The number of aryl methyl sites for hydroxylation is 1. The van der Waals surface area contributed by atoms with Crippen molar-refractivity contribution in [3.63, 3.8) is 0 Å². The minimum absolute atomic E-state index is 0.122. The summed E-state index contributed by atoms with van der Waals surface area (Å²) in [6, 6.07) is 9.20. The van der Waals surface area contributed by atoms with Crippen LogP contribution in [-0.4, -0.2) is 37.3 Å². The van der Waals surface area contributed by atoms with E-state index in [1.54, 1.807) is 18.2 Å². The van der Waals surface area contributed by atoms with Crippen molar-refractivity contribution in [1.82, 2.24) is 0 Å². The summed E-state index contributed by atoms with van der Waals surface area (Å²) in [6.07, 6.45) is 30.4. The number of ketones is 1. The van der Waals surface area contributed by atoms with Crippen molar-refractivity contribution in [3.05, 3.63) is 53.1 Å². The lowest BCUT2D eigenvalue weighted by Crippen LogP contribution is -2.07. The lowest BCUT2D eigenvalue weighted by atomic mass is 10.0. The summed E-state index contributed by atoms with van der Waals surface area (Å²) in [4.78, 5) is 13.6. The normalized spacial score (nSPS) is 11.5. The summed E-state index contributed by atoms with van der Waals surface area (Å²) in [7, 11) is 0. The summed E-state index contributed by atoms with van der Waals surface area (Å²) in [5.74, 6) is 2.16. The van der Waals surface area contributed by atoms with Crippen LogP contribution in [0, 0.1) is 0 Å². The van der Waals surface area contributed by atoms with Crippen molar-refractivity contribution in [2.75, 3.05) is 26.4 Å². The van der Waals surface area contributed by atoms with E-state index in [-0.39, 0.29) is 11.5 Å². The van der Waals surface area contributed by atoms with Crippen LogP contribution in [0.25, 0.3) is 5.76 Å². The molecular weight excluding hydrogens is 685 g/mol. The van der Waals surface area contributed by atoms with Crippen molar-refractivity contribution in [2.45, 2.75) is 195 Å². The summed E-state index contributed by atoms with van der Waals surface area (Å²) in [6.45, 7) is 13.4. The van der Waals surface area contributed by atoms with Gasteiger partial charge in [-0.05, 0) is 68.0 Å². The number of carbonyl (C=O) groups is 1. The molecule has 2 aromatic rings. The maximum atomic E-state index is 13.6. The third-order valence-electron chi connectivity index (χ3n) is 10.3. The molecule has 0 radical (unpaired) electrons. The standard InChI is InChI=1S/C49H80O6/c1-6-11-15-19-23-27-33-52-46-32-31-42(37-41(46)10-5)44(50)40-45(51)43-38-47(53-34-28-24-20-16-12-7-2)49(55-36-30-26-22-18-14-9-4)48(39-43)54-35-29-25-21-17-13-8-3/h31-32,37-40,51H,6-30,33-36H2,1-5H3/b45-40-. The van der Waals surface area contributed by atoms with Crippen molar-refractivity contribution in [2.24, 2.45) is 0 Å². The monoisotopic (exact) mass is 765 g/mol. The first-order chi connectivity index (χ1) is 27.0. The first-order valence-corrected chi connectivity index (χ1v) is 22.8. The molecule has 0 amide bonds. The number of carbonyl (C=O) groups excluding carboxylic acids is 1. The average molecular weight is 765 g/mol. The van der Waals surface area contributed by atoms with Gasteiger partial charge in [0.15, 0.2) is 17.3 Å². The van der Waals surface area contributed by atoms with Crippen molar-refractivity contribution >= 4 is 11.5 Å². The SMILES string of the molecule is CCCCCCCCOc1ccc(C(=O)/C=C(\O)c2cc(OCCCCCCCC)c(OCCCCCCCC)c(OCCCCCCCC)c2)cc1CC. The molecule has 0 aromatic heterocycles. The third kappa shape index (κ3) is 21.1. The van der Waals surface area contributed by atoms with E-state index in [1.807, 2.05) is 12.1 Å². The molecule has 0 heterocycles. The molecule has 2 rings (SSSR count). The number of aliphatic hydroxyl groups excluding tert-OH is 1. The van der Waals surface area contributed by atoms with Gasteiger partial charge >= 0.3 is 0 Å². The molecule has 2 aromatic carbocycles. The number of unbranched alkanes of at least 4 members (excludes halogenated alkanes) is 20. The van der Waals surface area contributed by atoms with E-state index in [4.69, 9.17) is 18.9 Å². The second-order valence-corrected chi connectivity index (χ2v) is 15.3. The molecule has 0 unspecified atom stereocenters. The van der Waals surface area contributed by atoms with E-state index in [1.165, 1.54) is 115 Å². The van der Waals surface area contributed by atoms with E-state index in [2.05, 4.69) is 34.6 Å². The van der Waals surface area contributed by atoms with Crippen molar-refractivity contribution in [1.29, 1.82) is 0 Å². The Labute approximate surface area is 337 Å². The highest BCUT2D eigenvalue weighted by atomic mass is 16.5. The number of allylic oxidation sites excluding steroid dienone is 1. The Kier molecular flexibility index (Phi) is 27.9. The van der Waals surface area contributed by atoms with Gasteiger partial charge in [-0.1, -0.05) is 163 Å². The maximum Gasteiger partial charge on any atom is 0.203 e. The average Bonchev–Trinajstić information content (AvgIpc) is 3.19. The molecule has 0 aliphatic carbocycles. The van der Waals surface area contributed by atoms with E-state index in [0.717, 1.165) is 62.7 Å². The Bertz CT molecular complexity index is 1260. The second kappa shape index (κ2) is 32.0. The number of rotatable bonds is 36. The quantitative estimate of drug-likeness (QED) is 0.0322. The van der Waals surface area contributed by atoms with Gasteiger partial charge in [0.05, 0.1) is 26.4 Å². The van der Waals surface area contributed by atoms with Gasteiger partial charge < -0.3 is 24.1 Å². The van der Waals surface area contributed by atoms with E-state index in [0.29, 0.717) is 54.8 Å². The number of hydrogen-bond donors (Lipinski definition) is 1. The molecule has 6 nitrogen and oxygen atoms in total. The van der Waals surface area contributed by atoms with Gasteiger partial charge in [-0.25, -0.2) is 0 Å². The van der Waals surface area contributed by atoms with Gasteiger partial charge in [0.25, 0.3) is 0 Å². The Balaban J connectivity index is 2.29. The molecule has 0 saturated carbocycles. The first kappa shape index (κ1) is 48.0. The largest absolute Gasteiger partial charge is 0.507 e. The summed E-state index contributed by atoms with van der Waals surface area (Å²) < 4.78 is 25.4. The fourth-order valence-corrected chi connectivity index (χ4v) is 6.77. The molecule has 0 saturated heterocycles. The van der Waals surface area contributed by atoms with Crippen molar-refractivity contribution < 1.29 is 28.8 Å². The minimum atomic E-state index is -0.262. The van der Waals surface area contributed by atoms with Crippen LogP contribution in [0.1, 0.15) is 210 Å². The van der Waals surface area contributed by atoms with Crippen LogP contribution in [0.15, 0.2) is 36.4 Å². The molecule has 0 atom stereocenters. The lowest BCUT2D eigenvalue weighted by Gasteiger charge is -2.19. The predicted molar refractivity (Wildman–Crippen MR) is 233 cm³/mol. The van der Waals surface area contributed by atoms with Gasteiger partial charge in [-0.3, -0.25) is 4.79 Å². The van der Waals surface area contributed by atoms with Crippen LogP contribution >= 0.6 is 0 Å². The summed E-state index contributed by atoms with van der Waals surface area (Å²) in [5.41, 5.74) is 1.99. The van der Waals surface area contributed by atoms with Gasteiger partial charge in [-0.15, -0.1) is 0 Å². The number of ether oxygens (including phenoxy) is 4. The Morgan fingerprint density at radius 3 is 1.27 bits per heavy atom. The number of benzene rings is 2. The van der Waals surface area contributed by atoms with Crippen LogP contribution in [-0.2, 0) is 6.42 Å². The molecule has 6 heteroatoms. The van der Waals surface area contributed by atoms with Crippen LogP contribution in [0.4, 0.5) is 0 Å². The summed E-state index contributed by atoms with van der Waals surface area (Å²) >= 11 is 0. The van der Waals surface area contributed by atoms with Crippen molar-refractivity contribution in [3.8, 4) is 23.0 Å². The lowest BCUT2D eigenvalue weighted by molar-refractivity contribution is 0.104. The third-order valence-corrected chi connectivity index (χ3v) is 10.3. The molecule has 0 aliphatic heterocycles. The number of aliphatic hydroxyl groups is 1. The van der Waals surface area contributed by atoms with Gasteiger partial charge in [-0.2, -0.15) is 0 Å². The minimum Gasteiger partial charge on any atom is -0.507 e. The molecule has 0 bridgehead atoms. The highest BCUT2D eigenvalue weighted by molar-refractivity contribution is 6.08. The first-order valence-electron chi connectivity index (χ1n) is 22.8. The molecule has 0 spiro atoms. The molecular formula is C49H80O6. The molecule has 312 valence electrons. The van der Waals surface area contributed by atoms with Crippen LogP contribution in [0.5, 0.6) is 23.0 Å². The highest BCUT2D eigenvalue weighted by Gasteiger charge is 2.19. The van der Waals surface area contributed by atoms with Crippen LogP contribution in [0.2, 0.25) is 0 Å². The van der Waals surface area contributed by atoms with Gasteiger partial charge in [0.1, 0.15) is 11.5 Å². The van der Waals surface area contributed by atoms with E-state index in [9.17, 15) is 9.90 Å². The van der Waals surface area contributed by atoms with Gasteiger partial charge in [0.2, 0.25) is 5.75 Å². The Morgan fingerprint density at radius 2 is 0.855 bits per heavy atom. The predicted octanol–water partition coefficient (Wildman–Crippen LogP) is 15.0. The molecule has 1 N–H and O–H groups in total. The highest BCUT2D eigenvalue weighted by Crippen LogP contribution is 2.41. The van der Waals surface area contributed by atoms with Crippen LogP contribution in [0.3, 0.4) is 0 Å². The second-order valence-electron chi connectivity index (χ2n) is 15.3. The number of hydrogen-bond acceptors (Lipinski definition) is 6. The molecule has 0 fully saturated rings. The molecule has 55 heavy (non-hydrogen) atoms. The zero-order chi connectivity index (χ0) is 39.8.